The molecule has 7 heteroatoms. The normalized spacial score (nSPS) is 11.9. The van der Waals surface area contributed by atoms with E-state index in [-0.39, 0.29) is 17.4 Å². The van der Waals surface area contributed by atoms with Crippen molar-refractivity contribution in [2.75, 3.05) is 11.9 Å². The number of aryl methyl sites for hydroxylation is 1. The molecule has 0 radical (unpaired) electrons. The first-order chi connectivity index (χ1) is 16.0. The number of rotatable bonds is 7. The third-order valence-corrected chi connectivity index (χ3v) is 5.70. The highest BCUT2D eigenvalue weighted by Gasteiger charge is 2.18. The molecular weight excluding hydrogens is 417 g/mol. The van der Waals surface area contributed by atoms with Gasteiger partial charge in [-0.05, 0) is 54.3 Å². The van der Waals surface area contributed by atoms with Crippen LogP contribution in [-0.2, 0) is 7.05 Å². The number of anilines is 1. The van der Waals surface area contributed by atoms with E-state index in [2.05, 4.69) is 10.3 Å². The minimum absolute atomic E-state index is 0.131. The van der Waals surface area contributed by atoms with Gasteiger partial charge in [0.25, 0.3) is 5.56 Å². The van der Waals surface area contributed by atoms with Crippen LogP contribution in [0.5, 0.6) is 0 Å². The van der Waals surface area contributed by atoms with Gasteiger partial charge in [-0.1, -0.05) is 36.4 Å². The number of aromatic nitrogens is 3. The molecule has 0 saturated carbocycles. The highest BCUT2D eigenvalue weighted by Crippen LogP contribution is 2.29. The van der Waals surface area contributed by atoms with Crippen LogP contribution in [0, 0.1) is 12.7 Å². The van der Waals surface area contributed by atoms with Gasteiger partial charge in [-0.25, -0.2) is 9.37 Å². The van der Waals surface area contributed by atoms with Crippen LogP contribution in [0.1, 0.15) is 23.6 Å². The van der Waals surface area contributed by atoms with Crippen molar-refractivity contribution in [2.45, 2.75) is 19.4 Å². The minimum atomic E-state index is -0.364. The molecule has 2 heterocycles. The summed E-state index contributed by atoms with van der Waals surface area (Å²) in [5.41, 5.74) is 10.7. The quantitative estimate of drug-likeness (QED) is 0.441. The predicted molar refractivity (Wildman–Crippen MR) is 129 cm³/mol. The summed E-state index contributed by atoms with van der Waals surface area (Å²) in [6.45, 7) is 2.59. The zero-order chi connectivity index (χ0) is 23.4. The van der Waals surface area contributed by atoms with Crippen molar-refractivity contribution >= 4 is 5.95 Å². The highest BCUT2D eigenvalue weighted by molar-refractivity contribution is 5.80. The molecule has 6 nitrogen and oxygen atoms in total. The van der Waals surface area contributed by atoms with E-state index < -0.39 is 0 Å². The first kappa shape index (κ1) is 22.4. The number of hydrogen-bond acceptors (Lipinski definition) is 5. The highest BCUT2D eigenvalue weighted by atomic mass is 19.1. The molecule has 0 saturated heterocycles. The maximum atomic E-state index is 13.5. The third-order valence-electron chi connectivity index (χ3n) is 5.70. The van der Waals surface area contributed by atoms with Gasteiger partial charge in [0.1, 0.15) is 5.82 Å². The SMILES string of the molecule is Cc1ccccc1C(N)CCNc1nc(-c2ccncc2)c(-c2ccc(F)cc2)c(=O)n1C. The maximum Gasteiger partial charge on any atom is 0.263 e. The molecule has 0 bridgehead atoms. The van der Waals surface area contributed by atoms with Gasteiger partial charge < -0.3 is 11.1 Å². The van der Waals surface area contributed by atoms with Crippen molar-refractivity contribution in [2.24, 2.45) is 12.8 Å². The molecule has 0 aliphatic heterocycles. The van der Waals surface area contributed by atoms with Gasteiger partial charge in [-0.15, -0.1) is 0 Å². The average Bonchev–Trinajstić information content (AvgIpc) is 2.83. The van der Waals surface area contributed by atoms with Crippen molar-refractivity contribution in [1.29, 1.82) is 0 Å². The Morgan fingerprint density at radius 2 is 1.73 bits per heavy atom. The summed E-state index contributed by atoms with van der Waals surface area (Å²) in [5, 5.41) is 3.27. The van der Waals surface area contributed by atoms with Gasteiger partial charge in [0.05, 0.1) is 11.3 Å². The van der Waals surface area contributed by atoms with E-state index in [9.17, 15) is 9.18 Å². The smallest absolute Gasteiger partial charge is 0.263 e. The number of hydrogen-bond donors (Lipinski definition) is 2. The molecule has 0 fully saturated rings. The largest absolute Gasteiger partial charge is 0.355 e. The van der Waals surface area contributed by atoms with Gasteiger partial charge in [-0.3, -0.25) is 14.3 Å². The monoisotopic (exact) mass is 443 g/mol. The van der Waals surface area contributed by atoms with Crippen molar-refractivity contribution < 1.29 is 4.39 Å². The lowest BCUT2D eigenvalue weighted by molar-refractivity contribution is 0.628. The summed E-state index contributed by atoms with van der Waals surface area (Å²) in [6.07, 6.45) is 3.97. The molecule has 33 heavy (non-hydrogen) atoms. The van der Waals surface area contributed by atoms with Gasteiger partial charge in [0.2, 0.25) is 5.95 Å². The van der Waals surface area contributed by atoms with Gasteiger partial charge >= 0.3 is 0 Å². The van der Waals surface area contributed by atoms with Crippen LogP contribution in [0.25, 0.3) is 22.4 Å². The average molecular weight is 444 g/mol. The van der Waals surface area contributed by atoms with Crippen LogP contribution in [0.3, 0.4) is 0 Å². The Bertz CT molecular complexity index is 1300. The fourth-order valence-corrected chi connectivity index (χ4v) is 3.85. The Morgan fingerprint density at radius 3 is 2.42 bits per heavy atom. The first-order valence-corrected chi connectivity index (χ1v) is 10.8. The van der Waals surface area contributed by atoms with E-state index in [1.807, 2.05) is 31.2 Å². The topological polar surface area (TPSA) is 85.8 Å². The van der Waals surface area contributed by atoms with E-state index in [4.69, 9.17) is 10.7 Å². The Morgan fingerprint density at radius 1 is 1.03 bits per heavy atom. The summed E-state index contributed by atoms with van der Waals surface area (Å²) < 4.78 is 15.0. The Labute approximate surface area is 192 Å². The summed E-state index contributed by atoms with van der Waals surface area (Å²) >= 11 is 0. The Kier molecular flexibility index (Phi) is 6.60. The molecule has 0 aliphatic carbocycles. The summed E-state index contributed by atoms with van der Waals surface area (Å²) in [5.74, 6) is 0.0759. The number of pyridine rings is 1. The molecule has 2 aromatic heterocycles. The van der Waals surface area contributed by atoms with Crippen molar-refractivity contribution in [3.63, 3.8) is 0 Å². The zero-order valence-electron chi connectivity index (χ0n) is 18.6. The van der Waals surface area contributed by atoms with Crippen LogP contribution in [0.2, 0.25) is 0 Å². The van der Waals surface area contributed by atoms with Crippen LogP contribution in [-0.4, -0.2) is 21.1 Å². The molecule has 2 aromatic carbocycles. The molecule has 4 aromatic rings. The van der Waals surface area contributed by atoms with Crippen molar-refractivity contribution in [3.05, 3.63) is 100 Å². The Balaban J connectivity index is 1.67. The third kappa shape index (κ3) is 4.83. The number of nitrogens with one attached hydrogen (secondary N) is 1. The number of nitrogens with two attached hydrogens (primary N) is 1. The molecular formula is C26H26FN5O. The van der Waals surface area contributed by atoms with E-state index in [0.717, 1.165) is 16.7 Å². The number of halogens is 1. The lowest BCUT2D eigenvalue weighted by atomic mass is 10.00. The van der Waals surface area contributed by atoms with Crippen molar-refractivity contribution in [3.8, 4) is 22.4 Å². The fraction of sp³-hybridized carbons (Fsp3) is 0.192. The van der Waals surface area contributed by atoms with E-state index in [0.29, 0.717) is 35.7 Å². The molecule has 1 unspecified atom stereocenters. The molecule has 4 rings (SSSR count). The fourth-order valence-electron chi connectivity index (χ4n) is 3.85. The van der Waals surface area contributed by atoms with Crippen LogP contribution in [0.15, 0.2) is 77.9 Å². The minimum Gasteiger partial charge on any atom is -0.355 e. The first-order valence-electron chi connectivity index (χ1n) is 10.8. The summed E-state index contributed by atoms with van der Waals surface area (Å²) in [6, 6.07) is 17.4. The van der Waals surface area contributed by atoms with E-state index in [1.54, 1.807) is 43.7 Å². The predicted octanol–water partition coefficient (Wildman–Crippen LogP) is 4.46. The molecule has 3 N–H and O–H groups in total. The van der Waals surface area contributed by atoms with Crippen LogP contribution >= 0.6 is 0 Å². The second kappa shape index (κ2) is 9.75. The second-order valence-electron chi connectivity index (χ2n) is 7.94. The molecule has 0 aliphatic rings. The lowest BCUT2D eigenvalue weighted by Gasteiger charge is -2.18. The van der Waals surface area contributed by atoms with Crippen LogP contribution < -0.4 is 16.6 Å². The number of nitrogens with zero attached hydrogens (tertiary/aromatic N) is 3. The van der Waals surface area contributed by atoms with Crippen molar-refractivity contribution in [1.82, 2.24) is 14.5 Å². The molecule has 1 atom stereocenters. The summed E-state index contributed by atoms with van der Waals surface area (Å²) in [4.78, 5) is 22.2. The molecule has 0 amide bonds. The van der Waals surface area contributed by atoms with E-state index in [1.165, 1.54) is 16.7 Å². The van der Waals surface area contributed by atoms with Gasteiger partial charge in [-0.2, -0.15) is 0 Å². The summed E-state index contributed by atoms with van der Waals surface area (Å²) in [7, 11) is 1.67. The zero-order valence-corrected chi connectivity index (χ0v) is 18.6. The maximum absolute atomic E-state index is 13.5. The molecule has 0 spiro atoms. The van der Waals surface area contributed by atoms with Gasteiger partial charge in [0, 0.05) is 37.6 Å². The van der Waals surface area contributed by atoms with Gasteiger partial charge in [0.15, 0.2) is 0 Å². The lowest BCUT2D eigenvalue weighted by Crippen LogP contribution is -2.26. The Hall–Kier alpha value is -3.84. The number of benzene rings is 2. The second-order valence-corrected chi connectivity index (χ2v) is 7.94. The standard InChI is InChI=1S/C26H26FN5O/c1-17-5-3-4-6-21(17)22(28)13-16-30-26-31-24(19-11-14-29-15-12-19)23(25(33)32(26)2)18-7-9-20(27)10-8-18/h3-12,14-15,22H,13,16,28H2,1-2H3,(H,30,31). The van der Waals surface area contributed by atoms with E-state index >= 15 is 0 Å². The van der Waals surface area contributed by atoms with Crippen LogP contribution in [0.4, 0.5) is 10.3 Å². The molecule has 168 valence electrons.